The van der Waals surface area contributed by atoms with Crippen molar-refractivity contribution >= 4 is 40.9 Å². The molecule has 0 radical (unpaired) electrons. The number of fused-ring (bicyclic) bond motifs is 1. The van der Waals surface area contributed by atoms with Gasteiger partial charge in [-0.3, -0.25) is 14.4 Å². The highest BCUT2D eigenvalue weighted by molar-refractivity contribution is 8.02. The number of carbonyl (C=O) groups is 3. The van der Waals surface area contributed by atoms with Crippen LogP contribution < -0.4 is 10.6 Å². The van der Waals surface area contributed by atoms with Crippen LogP contribution in [0.3, 0.4) is 0 Å². The van der Waals surface area contributed by atoms with Crippen LogP contribution in [0.1, 0.15) is 51.2 Å². The Bertz CT molecular complexity index is 1260. The average Bonchev–Trinajstić information content (AvgIpc) is 3.46. The van der Waals surface area contributed by atoms with Crippen LogP contribution in [0.5, 0.6) is 0 Å². The van der Waals surface area contributed by atoms with Crippen molar-refractivity contribution < 1.29 is 19.5 Å². The number of thioether (sulfide) groups is 1. The van der Waals surface area contributed by atoms with Crippen molar-refractivity contribution in [1.29, 1.82) is 0 Å². The fourth-order valence-electron chi connectivity index (χ4n) is 7.22. The zero-order valence-electron chi connectivity index (χ0n) is 23.4. The van der Waals surface area contributed by atoms with Gasteiger partial charge in [-0.1, -0.05) is 50.2 Å². The molecule has 1 spiro atoms. The lowest BCUT2D eigenvalue weighted by molar-refractivity contribution is -0.142. The highest BCUT2D eigenvalue weighted by Gasteiger charge is 2.77. The lowest BCUT2D eigenvalue weighted by Gasteiger charge is -2.37. The van der Waals surface area contributed by atoms with Gasteiger partial charge in [0.15, 0.2) is 0 Å². The van der Waals surface area contributed by atoms with E-state index in [-0.39, 0.29) is 30.2 Å². The van der Waals surface area contributed by atoms with Gasteiger partial charge < -0.3 is 20.6 Å². The van der Waals surface area contributed by atoms with E-state index in [1.165, 1.54) is 0 Å². The quantitative estimate of drug-likeness (QED) is 0.441. The van der Waals surface area contributed by atoms with Crippen molar-refractivity contribution in [2.75, 3.05) is 17.2 Å². The number of hydrogen-bond donors (Lipinski definition) is 3. The topological polar surface area (TPSA) is 98.7 Å². The molecule has 39 heavy (non-hydrogen) atoms. The van der Waals surface area contributed by atoms with E-state index < -0.39 is 33.4 Å². The lowest BCUT2D eigenvalue weighted by Crippen LogP contribution is -2.55. The van der Waals surface area contributed by atoms with E-state index in [1.54, 1.807) is 16.7 Å². The largest absolute Gasteiger partial charge is 0.394 e. The third-order valence-electron chi connectivity index (χ3n) is 8.86. The number of rotatable bonds is 8. The van der Waals surface area contributed by atoms with Crippen molar-refractivity contribution in [3.8, 4) is 0 Å². The number of likely N-dealkylation sites (tertiary alicyclic amines) is 1. The molecule has 3 heterocycles. The molecule has 0 saturated carbocycles. The van der Waals surface area contributed by atoms with Crippen molar-refractivity contribution in [1.82, 2.24) is 4.90 Å². The molecule has 0 aromatic heterocycles. The summed E-state index contributed by atoms with van der Waals surface area (Å²) in [6.45, 7) is 9.84. The van der Waals surface area contributed by atoms with E-state index in [2.05, 4.69) is 17.6 Å². The monoisotopic (exact) mass is 549 g/mol. The number of hydrogen-bond acceptors (Lipinski definition) is 5. The molecule has 8 heteroatoms. The van der Waals surface area contributed by atoms with Gasteiger partial charge in [-0.25, -0.2) is 0 Å². The number of benzene rings is 2. The summed E-state index contributed by atoms with van der Waals surface area (Å²) >= 11 is 1.64. The van der Waals surface area contributed by atoms with Crippen LogP contribution in [0.25, 0.3) is 0 Å². The summed E-state index contributed by atoms with van der Waals surface area (Å²) in [5.74, 6) is -1.63. The van der Waals surface area contributed by atoms with Crippen LogP contribution in [0, 0.1) is 31.6 Å². The number of anilines is 2. The minimum atomic E-state index is -0.786. The van der Waals surface area contributed by atoms with E-state index in [4.69, 9.17) is 0 Å². The number of aliphatic hydroxyl groups is 1. The molecule has 3 fully saturated rings. The molecule has 0 aliphatic carbocycles. The van der Waals surface area contributed by atoms with E-state index in [9.17, 15) is 19.5 Å². The lowest BCUT2D eigenvalue weighted by atomic mass is 9.66. The van der Waals surface area contributed by atoms with E-state index in [0.29, 0.717) is 18.5 Å². The maximum atomic E-state index is 14.4. The van der Waals surface area contributed by atoms with E-state index in [0.717, 1.165) is 23.2 Å². The molecular formula is C31H39N3O4S. The number of amides is 3. The fraction of sp³-hybridized carbons (Fsp3) is 0.516. The molecule has 7 nitrogen and oxygen atoms in total. The molecule has 2 bridgehead atoms. The maximum absolute atomic E-state index is 14.4. The Morgan fingerprint density at radius 3 is 2.31 bits per heavy atom. The second-order valence-corrected chi connectivity index (χ2v) is 13.9. The number of nitrogens with zero attached hydrogens (tertiary/aromatic N) is 1. The van der Waals surface area contributed by atoms with Crippen LogP contribution in [-0.2, 0) is 14.4 Å². The number of para-hydroxylation sites is 2. The first kappa shape index (κ1) is 27.7. The van der Waals surface area contributed by atoms with Gasteiger partial charge in [-0.05, 0) is 69.2 Å². The van der Waals surface area contributed by atoms with Crippen molar-refractivity contribution in [2.24, 2.45) is 17.8 Å². The van der Waals surface area contributed by atoms with E-state index in [1.807, 2.05) is 76.2 Å². The van der Waals surface area contributed by atoms with Crippen molar-refractivity contribution in [3.63, 3.8) is 0 Å². The molecule has 3 aliphatic rings. The summed E-state index contributed by atoms with van der Waals surface area (Å²) in [4.78, 5) is 44.2. The van der Waals surface area contributed by atoms with Gasteiger partial charge in [0.2, 0.25) is 17.7 Å². The Kier molecular flexibility index (Phi) is 7.31. The molecule has 5 rings (SSSR count). The maximum Gasteiger partial charge on any atom is 0.248 e. The molecule has 3 saturated heterocycles. The van der Waals surface area contributed by atoms with Gasteiger partial charge >= 0.3 is 0 Å². The van der Waals surface area contributed by atoms with Gasteiger partial charge in [-0.15, -0.1) is 11.8 Å². The molecule has 3 amide bonds. The van der Waals surface area contributed by atoms with Gasteiger partial charge in [0.1, 0.15) is 6.04 Å². The Labute approximate surface area is 235 Å². The van der Waals surface area contributed by atoms with Gasteiger partial charge in [0, 0.05) is 16.1 Å². The standard InChI is InChI=1S/C31H39N3O4S/c1-18(2)16-22(17-35)34-26(28(37)33-25-19(3)10-9-11-20(25)4)31-15-14-30(5,39-31)23(24(31)29(34)38)27(36)32-21-12-7-6-8-13-21/h6-13,18,22-24,26,35H,14-17H2,1-5H3,(H,32,36)(H,33,37)/t22-,23+,24+,26?,30-,31?/m1/s1. The summed E-state index contributed by atoms with van der Waals surface area (Å²) in [7, 11) is 0. The molecule has 3 aliphatic heterocycles. The zero-order valence-corrected chi connectivity index (χ0v) is 24.2. The highest BCUT2D eigenvalue weighted by Crippen LogP contribution is 2.71. The van der Waals surface area contributed by atoms with Crippen LogP contribution in [0.2, 0.25) is 0 Å². The Morgan fingerprint density at radius 1 is 1.03 bits per heavy atom. The SMILES string of the molecule is Cc1cccc(C)c1NC(=O)C1N([C@@H](CO)CC(C)C)C(=O)[C@@H]2[C@@H](C(=O)Nc3ccccc3)[C@@]3(C)CCC12S3. The highest BCUT2D eigenvalue weighted by atomic mass is 32.2. The summed E-state index contributed by atoms with van der Waals surface area (Å²) in [5.41, 5.74) is 3.34. The molecule has 208 valence electrons. The Morgan fingerprint density at radius 2 is 1.69 bits per heavy atom. The Balaban J connectivity index is 1.56. The second-order valence-electron chi connectivity index (χ2n) is 12.1. The number of carbonyl (C=O) groups excluding carboxylic acids is 3. The number of aliphatic hydroxyl groups excluding tert-OH is 1. The normalized spacial score (nSPS) is 30.0. The summed E-state index contributed by atoms with van der Waals surface area (Å²) in [6, 6.07) is 13.9. The molecule has 2 aromatic rings. The second kappa shape index (κ2) is 10.3. The Hall–Kier alpha value is -2.84. The first-order valence-corrected chi connectivity index (χ1v) is 14.7. The van der Waals surface area contributed by atoms with Gasteiger partial charge in [0.25, 0.3) is 0 Å². The first-order valence-electron chi connectivity index (χ1n) is 13.9. The van der Waals surface area contributed by atoms with Crippen molar-refractivity contribution in [3.05, 3.63) is 59.7 Å². The third-order valence-corrected chi connectivity index (χ3v) is 10.8. The third kappa shape index (κ3) is 4.55. The average molecular weight is 550 g/mol. The molecule has 6 atom stereocenters. The fourth-order valence-corrected chi connectivity index (χ4v) is 9.57. The molecule has 2 aromatic carbocycles. The summed E-state index contributed by atoms with van der Waals surface area (Å²) < 4.78 is -1.20. The molecule has 2 unspecified atom stereocenters. The number of aryl methyl sites for hydroxylation is 2. The zero-order chi connectivity index (χ0) is 28.1. The van der Waals surface area contributed by atoms with E-state index >= 15 is 0 Å². The first-order chi connectivity index (χ1) is 18.5. The van der Waals surface area contributed by atoms with Crippen LogP contribution in [0.15, 0.2) is 48.5 Å². The summed E-state index contributed by atoms with van der Waals surface area (Å²) in [5, 5.41) is 16.7. The summed E-state index contributed by atoms with van der Waals surface area (Å²) in [6.07, 6.45) is 1.98. The minimum Gasteiger partial charge on any atom is -0.394 e. The van der Waals surface area contributed by atoms with Crippen LogP contribution in [0.4, 0.5) is 11.4 Å². The predicted octanol–water partition coefficient (Wildman–Crippen LogP) is 4.77. The minimum absolute atomic E-state index is 0.184. The molecule has 3 N–H and O–H groups in total. The number of nitrogens with one attached hydrogen (secondary N) is 2. The predicted molar refractivity (Wildman–Crippen MR) is 156 cm³/mol. The van der Waals surface area contributed by atoms with Gasteiger partial charge in [0.05, 0.1) is 29.2 Å². The van der Waals surface area contributed by atoms with Crippen LogP contribution >= 0.6 is 11.8 Å². The van der Waals surface area contributed by atoms with Crippen LogP contribution in [-0.4, -0.2) is 55.9 Å². The van der Waals surface area contributed by atoms with Crippen molar-refractivity contribution in [2.45, 2.75) is 75.5 Å². The van der Waals surface area contributed by atoms with Gasteiger partial charge in [-0.2, -0.15) is 0 Å². The molecular weight excluding hydrogens is 510 g/mol. The smallest absolute Gasteiger partial charge is 0.248 e.